The fourth-order valence-electron chi connectivity index (χ4n) is 3.23. The highest BCUT2D eigenvalue weighted by molar-refractivity contribution is 5.86. The van der Waals surface area contributed by atoms with Crippen molar-refractivity contribution >= 4 is 16.7 Å². The van der Waals surface area contributed by atoms with E-state index in [4.69, 9.17) is 4.74 Å². The molecular weight excluding hydrogens is 362 g/mol. The number of nitrogens with one attached hydrogen (secondary N) is 1. The van der Waals surface area contributed by atoms with Crippen molar-refractivity contribution in [3.63, 3.8) is 0 Å². The number of anilines is 1. The molecule has 2 heterocycles. The zero-order chi connectivity index (χ0) is 20.1. The molecule has 2 aromatic carbocycles. The average molecular weight is 383 g/mol. The molecule has 4 rings (SSSR count). The molecule has 0 aliphatic carbocycles. The number of hydrogen-bond donors (Lipinski definition) is 2. The van der Waals surface area contributed by atoms with Crippen LogP contribution in [0.1, 0.15) is 17.2 Å². The van der Waals surface area contributed by atoms with Crippen molar-refractivity contribution in [3.8, 4) is 11.5 Å². The van der Waals surface area contributed by atoms with Crippen LogP contribution in [0.4, 0.5) is 5.82 Å². The van der Waals surface area contributed by atoms with Crippen LogP contribution in [0.25, 0.3) is 10.9 Å². The predicted molar refractivity (Wildman–Crippen MR) is 115 cm³/mol. The summed E-state index contributed by atoms with van der Waals surface area (Å²) in [5.74, 6) is 1.63. The summed E-state index contributed by atoms with van der Waals surface area (Å²) in [4.78, 5) is 8.73. The van der Waals surface area contributed by atoms with E-state index in [0.717, 1.165) is 22.3 Å². The largest absolute Gasteiger partial charge is 0.505 e. The van der Waals surface area contributed by atoms with Crippen molar-refractivity contribution in [2.75, 3.05) is 11.9 Å². The van der Waals surface area contributed by atoms with E-state index < -0.39 is 0 Å². The molecule has 144 valence electrons. The minimum Gasteiger partial charge on any atom is -0.505 e. The summed E-state index contributed by atoms with van der Waals surface area (Å²) in [6.07, 6.45) is 5.12. The number of phenols is 1. The SMILES string of the molecule is C=CCOc1ccc([C@@H](Nc2ccccn2)c2ccc3cccnc3c2O)cc1. The van der Waals surface area contributed by atoms with Crippen molar-refractivity contribution in [3.05, 3.63) is 103 Å². The third-order valence-corrected chi connectivity index (χ3v) is 4.63. The molecule has 0 saturated heterocycles. The summed E-state index contributed by atoms with van der Waals surface area (Å²) in [6.45, 7) is 4.12. The van der Waals surface area contributed by atoms with Crippen LogP contribution in [-0.2, 0) is 0 Å². The zero-order valence-electron chi connectivity index (χ0n) is 15.8. The first-order valence-electron chi connectivity index (χ1n) is 9.34. The average Bonchev–Trinajstić information content (AvgIpc) is 2.78. The molecule has 2 N–H and O–H groups in total. The quantitative estimate of drug-likeness (QED) is 0.435. The second kappa shape index (κ2) is 8.44. The lowest BCUT2D eigenvalue weighted by Crippen LogP contribution is -2.13. The van der Waals surface area contributed by atoms with Gasteiger partial charge in [0.05, 0.1) is 6.04 Å². The van der Waals surface area contributed by atoms with Crippen LogP contribution in [0.15, 0.2) is 91.8 Å². The zero-order valence-corrected chi connectivity index (χ0v) is 15.8. The van der Waals surface area contributed by atoms with Crippen LogP contribution in [0.3, 0.4) is 0 Å². The van der Waals surface area contributed by atoms with Crippen molar-refractivity contribution in [1.29, 1.82) is 0 Å². The molecule has 0 amide bonds. The topological polar surface area (TPSA) is 67.3 Å². The van der Waals surface area contributed by atoms with E-state index in [2.05, 4.69) is 21.9 Å². The lowest BCUT2D eigenvalue weighted by molar-refractivity contribution is 0.363. The van der Waals surface area contributed by atoms with E-state index in [1.54, 1.807) is 18.5 Å². The van der Waals surface area contributed by atoms with E-state index in [1.165, 1.54) is 0 Å². The smallest absolute Gasteiger partial charge is 0.147 e. The number of benzene rings is 2. The standard InChI is InChI=1S/C24H21N3O2/c1-2-16-29-19-11-8-18(9-12-19)22(27-21-7-3-4-14-25-21)20-13-10-17-6-5-15-26-23(17)24(20)28/h2-15,22,28H,1,16H2,(H,25,27)/t22-/m1/s1. The summed E-state index contributed by atoms with van der Waals surface area (Å²) in [5, 5.41) is 15.3. The molecule has 0 bridgehead atoms. The van der Waals surface area contributed by atoms with E-state index in [9.17, 15) is 5.11 Å². The first kappa shape index (κ1) is 18.5. The minimum atomic E-state index is -0.315. The van der Waals surface area contributed by atoms with Gasteiger partial charge in [-0.15, -0.1) is 0 Å². The summed E-state index contributed by atoms with van der Waals surface area (Å²) >= 11 is 0. The monoisotopic (exact) mass is 383 g/mol. The lowest BCUT2D eigenvalue weighted by Gasteiger charge is -2.22. The summed E-state index contributed by atoms with van der Waals surface area (Å²) in [5.41, 5.74) is 2.26. The van der Waals surface area contributed by atoms with Gasteiger partial charge in [0.25, 0.3) is 0 Å². The Morgan fingerprint density at radius 2 is 1.79 bits per heavy atom. The van der Waals surface area contributed by atoms with Crippen LogP contribution < -0.4 is 10.1 Å². The van der Waals surface area contributed by atoms with Gasteiger partial charge in [0.1, 0.15) is 29.4 Å². The molecule has 0 aliphatic heterocycles. The molecule has 2 aromatic heterocycles. The Hall–Kier alpha value is -3.86. The molecule has 0 fully saturated rings. The molecule has 1 atom stereocenters. The number of rotatable bonds is 7. The molecule has 0 radical (unpaired) electrons. The molecule has 0 saturated carbocycles. The van der Waals surface area contributed by atoms with Gasteiger partial charge in [0.15, 0.2) is 0 Å². The Kier molecular flexibility index (Phi) is 5.38. The van der Waals surface area contributed by atoms with Crippen LogP contribution >= 0.6 is 0 Å². The van der Waals surface area contributed by atoms with Crippen molar-refractivity contribution in [2.24, 2.45) is 0 Å². The highest BCUT2D eigenvalue weighted by atomic mass is 16.5. The number of hydrogen-bond acceptors (Lipinski definition) is 5. The maximum absolute atomic E-state index is 11.0. The molecular formula is C24H21N3O2. The van der Waals surface area contributed by atoms with E-state index >= 15 is 0 Å². The number of aromatic nitrogens is 2. The van der Waals surface area contributed by atoms with Gasteiger partial charge >= 0.3 is 0 Å². The number of aromatic hydroxyl groups is 1. The lowest BCUT2D eigenvalue weighted by atomic mass is 9.96. The molecule has 29 heavy (non-hydrogen) atoms. The first-order chi connectivity index (χ1) is 14.3. The summed E-state index contributed by atoms with van der Waals surface area (Å²) in [7, 11) is 0. The van der Waals surface area contributed by atoms with Crippen LogP contribution in [0, 0.1) is 0 Å². The maximum Gasteiger partial charge on any atom is 0.147 e. The van der Waals surface area contributed by atoms with Gasteiger partial charge in [-0.2, -0.15) is 0 Å². The number of pyridine rings is 2. The molecule has 5 nitrogen and oxygen atoms in total. The minimum absolute atomic E-state index is 0.156. The predicted octanol–water partition coefficient (Wildman–Crippen LogP) is 5.10. The number of ether oxygens (including phenoxy) is 1. The number of fused-ring (bicyclic) bond motifs is 1. The first-order valence-corrected chi connectivity index (χ1v) is 9.34. The van der Waals surface area contributed by atoms with E-state index in [1.807, 2.05) is 66.7 Å². The van der Waals surface area contributed by atoms with E-state index in [-0.39, 0.29) is 11.8 Å². The van der Waals surface area contributed by atoms with Gasteiger partial charge in [-0.1, -0.05) is 49.1 Å². The van der Waals surface area contributed by atoms with Crippen molar-refractivity contribution < 1.29 is 9.84 Å². The van der Waals surface area contributed by atoms with Gasteiger partial charge in [-0.25, -0.2) is 4.98 Å². The van der Waals surface area contributed by atoms with Crippen molar-refractivity contribution in [2.45, 2.75) is 6.04 Å². The Morgan fingerprint density at radius 1 is 0.966 bits per heavy atom. The number of nitrogens with zero attached hydrogens (tertiary/aromatic N) is 2. The summed E-state index contributed by atoms with van der Waals surface area (Å²) in [6, 6.07) is 20.8. The summed E-state index contributed by atoms with van der Waals surface area (Å²) < 4.78 is 5.59. The second-order valence-electron chi connectivity index (χ2n) is 6.54. The van der Waals surface area contributed by atoms with Gasteiger partial charge in [-0.3, -0.25) is 4.98 Å². The molecule has 0 aliphatic rings. The van der Waals surface area contributed by atoms with Crippen LogP contribution in [-0.4, -0.2) is 21.7 Å². The van der Waals surface area contributed by atoms with Gasteiger partial charge in [0, 0.05) is 23.3 Å². The third kappa shape index (κ3) is 4.04. The second-order valence-corrected chi connectivity index (χ2v) is 6.54. The number of phenolic OH excluding ortho intramolecular Hbond substituents is 1. The van der Waals surface area contributed by atoms with Crippen molar-refractivity contribution in [1.82, 2.24) is 9.97 Å². The molecule has 4 aromatic rings. The van der Waals surface area contributed by atoms with Crippen LogP contribution in [0.5, 0.6) is 11.5 Å². The van der Waals surface area contributed by atoms with E-state index in [0.29, 0.717) is 17.9 Å². The third-order valence-electron chi connectivity index (χ3n) is 4.63. The Morgan fingerprint density at radius 3 is 2.55 bits per heavy atom. The highest BCUT2D eigenvalue weighted by Gasteiger charge is 2.20. The fourth-order valence-corrected chi connectivity index (χ4v) is 3.23. The maximum atomic E-state index is 11.0. The highest BCUT2D eigenvalue weighted by Crippen LogP contribution is 2.36. The fraction of sp³-hybridized carbons (Fsp3) is 0.0833. The van der Waals surface area contributed by atoms with Crippen LogP contribution in [0.2, 0.25) is 0 Å². The molecule has 0 spiro atoms. The van der Waals surface area contributed by atoms with Gasteiger partial charge in [0.2, 0.25) is 0 Å². The Balaban J connectivity index is 1.76. The normalized spacial score (nSPS) is 11.7. The Bertz CT molecular complexity index is 1110. The molecule has 5 heteroatoms. The van der Waals surface area contributed by atoms with Gasteiger partial charge < -0.3 is 15.2 Å². The van der Waals surface area contributed by atoms with Gasteiger partial charge in [-0.05, 0) is 35.9 Å². The molecule has 0 unspecified atom stereocenters. The Labute approximate surface area is 169 Å².